The second-order valence-electron chi connectivity index (χ2n) is 3.93. The van der Waals surface area contributed by atoms with Crippen molar-refractivity contribution in [2.24, 2.45) is 0 Å². The summed E-state index contributed by atoms with van der Waals surface area (Å²) in [7, 11) is 0. The Bertz CT molecular complexity index is 732. The summed E-state index contributed by atoms with van der Waals surface area (Å²) in [5, 5.41) is 18.4. The predicted octanol–water partition coefficient (Wildman–Crippen LogP) is 4.26. The Labute approximate surface area is 124 Å². The third-order valence-electron chi connectivity index (χ3n) is 2.61. The van der Waals surface area contributed by atoms with Crippen molar-refractivity contribution in [2.75, 3.05) is 0 Å². The van der Waals surface area contributed by atoms with Crippen LogP contribution in [0, 0.1) is 28.5 Å². The molecule has 0 unspecified atom stereocenters. The van der Waals surface area contributed by atoms with E-state index in [1.807, 2.05) is 12.1 Å². The van der Waals surface area contributed by atoms with Gasteiger partial charge in [0.2, 0.25) is 0 Å². The van der Waals surface area contributed by atoms with E-state index in [1.54, 1.807) is 18.2 Å². The number of nitriles is 2. The van der Waals surface area contributed by atoms with Gasteiger partial charge in [-0.1, -0.05) is 22.0 Å². The van der Waals surface area contributed by atoms with Crippen molar-refractivity contribution in [2.45, 2.75) is 5.33 Å². The molecule has 2 aromatic rings. The number of halogens is 2. The minimum absolute atomic E-state index is 0.0486. The lowest BCUT2D eigenvalue weighted by Crippen LogP contribution is -1.92. The molecule has 0 N–H and O–H groups in total. The standard InChI is InChI=1S/C15H8BrFN2O/c16-7-10-1-4-15(12(5-10)9-19)20-13-3-2-11(8-18)14(17)6-13/h1-6H,7H2. The Morgan fingerprint density at radius 1 is 1.05 bits per heavy atom. The molecule has 0 bridgehead atoms. The van der Waals surface area contributed by atoms with Gasteiger partial charge in [0, 0.05) is 11.4 Å². The number of hydrogen-bond acceptors (Lipinski definition) is 3. The molecule has 2 rings (SSSR count). The molecule has 0 aliphatic carbocycles. The monoisotopic (exact) mass is 330 g/mol. The summed E-state index contributed by atoms with van der Waals surface area (Å²) >= 11 is 3.31. The van der Waals surface area contributed by atoms with Crippen LogP contribution in [0.25, 0.3) is 0 Å². The smallest absolute Gasteiger partial charge is 0.145 e. The zero-order valence-corrected chi connectivity index (χ0v) is 11.8. The summed E-state index contributed by atoms with van der Waals surface area (Å²) in [6.45, 7) is 0. The highest BCUT2D eigenvalue weighted by Crippen LogP contribution is 2.27. The summed E-state index contributed by atoms with van der Waals surface area (Å²) in [4.78, 5) is 0. The fraction of sp³-hybridized carbons (Fsp3) is 0.0667. The molecule has 3 nitrogen and oxygen atoms in total. The van der Waals surface area contributed by atoms with Crippen LogP contribution in [-0.4, -0.2) is 0 Å². The van der Waals surface area contributed by atoms with E-state index in [0.29, 0.717) is 16.6 Å². The van der Waals surface area contributed by atoms with Crippen molar-refractivity contribution >= 4 is 15.9 Å². The molecule has 0 amide bonds. The van der Waals surface area contributed by atoms with Gasteiger partial charge in [-0.2, -0.15) is 10.5 Å². The SMILES string of the molecule is N#Cc1ccc(Oc2ccc(CBr)cc2C#N)cc1F. The topological polar surface area (TPSA) is 56.8 Å². The first kappa shape index (κ1) is 14.0. The molecule has 2 aromatic carbocycles. The first-order chi connectivity index (χ1) is 9.67. The van der Waals surface area contributed by atoms with Gasteiger partial charge < -0.3 is 4.74 Å². The molecule has 0 spiro atoms. The highest BCUT2D eigenvalue weighted by Gasteiger charge is 2.08. The van der Waals surface area contributed by atoms with E-state index in [9.17, 15) is 4.39 Å². The quantitative estimate of drug-likeness (QED) is 0.790. The molecule has 0 atom stereocenters. The van der Waals surface area contributed by atoms with Gasteiger partial charge in [-0.15, -0.1) is 0 Å². The molecule has 0 aliphatic heterocycles. The lowest BCUT2D eigenvalue weighted by molar-refractivity contribution is 0.475. The van der Waals surface area contributed by atoms with Crippen LogP contribution in [0.2, 0.25) is 0 Å². The average Bonchev–Trinajstić information content (AvgIpc) is 2.48. The fourth-order valence-corrected chi connectivity index (χ4v) is 1.96. The van der Waals surface area contributed by atoms with Crippen molar-refractivity contribution in [1.82, 2.24) is 0 Å². The first-order valence-corrected chi connectivity index (χ1v) is 6.76. The predicted molar refractivity (Wildman–Crippen MR) is 75.0 cm³/mol. The Hall–Kier alpha value is -2.37. The Balaban J connectivity index is 2.33. The third kappa shape index (κ3) is 2.96. The van der Waals surface area contributed by atoms with Crippen molar-refractivity contribution < 1.29 is 9.13 Å². The van der Waals surface area contributed by atoms with Crippen molar-refractivity contribution in [3.05, 3.63) is 58.9 Å². The van der Waals surface area contributed by atoms with E-state index in [0.717, 1.165) is 11.6 Å². The highest BCUT2D eigenvalue weighted by atomic mass is 79.9. The maximum absolute atomic E-state index is 13.5. The number of benzene rings is 2. The minimum atomic E-state index is -0.652. The van der Waals surface area contributed by atoms with Gasteiger partial charge >= 0.3 is 0 Å². The van der Waals surface area contributed by atoms with E-state index < -0.39 is 5.82 Å². The molecule has 0 saturated heterocycles. The molecule has 0 aromatic heterocycles. The first-order valence-electron chi connectivity index (χ1n) is 5.64. The van der Waals surface area contributed by atoms with Gasteiger partial charge in [0.25, 0.3) is 0 Å². The number of hydrogen-bond donors (Lipinski definition) is 0. The summed E-state index contributed by atoms with van der Waals surface area (Å²) in [6.07, 6.45) is 0. The maximum atomic E-state index is 13.5. The van der Waals surface area contributed by atoms with Gasteiger partial charge in [0.05, 0.1) is 11.1 Å². The van der Waals surface area contributed by atoms with E-state index >= 15 is 0 Å². The van der Waals surface area contributed by atoms with E-state index in [1.165, 1.54) is 12.1 Å². The molecular formula is C15H8BrFN2O. The summed E-state index contributed by atoms with van der Waals surface area (Å²) < 4.78 is 19.0. The Kier molecular flexibility index (Phi) is 4.34. The van der Waals surface area contributed by atoms with E-state index in [4.69, 9.17) is 15.3 Å². The largest absolute Gasteiger partial charge is 0.456 e. The van der Waals surface area contributed by atoms with Crippen molar-refractivity contribution in [3.8, 4) is 23.6 Å². The molecule has 20 heavy (non-hydrogen) atoms. The summed E-state index contributed by atoms with van der Waals surface area (Å²) in [5.74, 6) is -0.0634. The second kappa shape index (κ2) is 6.18. The zero-order chi connectivity index (χ0) is 14.5. The zero-order valence-electron chi connectivity index (χ0n) is 10.2. The van der Waals surface area contributed by atoms with Gasteiger partial charge in [-0.3, -0.25) is 0 Å². The molecule has 0 aliphatic rings. The van der Waals surface area contributed by atoms with Crippen LogP contribution in [0.4, 0.5) is 4.39 Å². The van der Waals surface area contributed by atoms with Gasteiger partial charge in [-0.25, -0.2) is 4.39 Å². The average molecular weight is 331 g/mol. The van der Waals surface area contributed by atoms with E-state index in [-0.39, 0.29) is 11.3 Å². The highest BCUT2D eigenvalue weighted by molar-refractivity contribution is 9.08. The van der Waals surface area contributed by atoms with Gasteiger partial charge in [0.1, 0.15) is 29.5 Å². The lowest BCUT2D eigenvalue weighted by atomic mass is 10.1. The van der Waals surface area contributed by atoms with Crippen LogP contribution in [0.1, 0.15) is 16.7 Å². The fourth-order valence-electron chi connectivity index (χ4n) is 1.61. The third-order valence-corrected chi connectivity index (χ3v) is 3.26. The van der Waals surface area contributed by atoms with Crippen molar-refractivity contribution in [1.29, 1.82) is 10.5 Å². The molecule has 98 valence electrons. The molecule has 0 fully saturated rings. The van der Waals surface area contributed by atoms with Gasteiger partial charge in [-0.05, 0) is 29.8 Å². The normalized spacial score (nSPS) is 9.60. The van der Waals surface area contributed by atoms with Crippen LogP contribution >= 0.6 is 15.9 Å². The maximum Gasteiger partial charge on any atom is 0.145 e. The Morgan fingerprint density at radius 2 is 1.80 bits per heavy atom. The minimum Gasteiger partial charge on any atom is -0.456 e. The number of rotatable bonds is 3. The second-order valence-corrected chi connectivity index (χ2v) is 4.49. The molecular weight excluding hydrogens is 323 g/mol. The molecule has 0 radical (unpaired) electrons. The number of ether oxygens (including phenoxy) is 1. The van der Waals surface area contributed by atoms with Crippen LogP contribution in [-0.2, 0) is 5.33 Å². The van der Waals surface area contributed by atoms with Crippen molar-refractivity contribution in [3.63, 3.8) is 0 Å². The molecule has 0 heterocycles. The number of alkyl halides is 1. The molecule has 0 saturated carbocycles. The van der Waals surface area contributed by atoms with Crippen LogP contribution in [0.3, 0.4) is 0 Å². The summed E-state index contributed by atoms with van der Waals surface area (Å²) in [5.41, 5.74) is 1.26. The summed E-state index contributed by atoms with van der Waals surface area (Å²) in [6, 6.07) is 12.9. The number of nitrogens with zero attached hydrogens (tertiary/aromatic N) is 2. The van der Waals surface area contributed by atoms with Crippen LogP contribution < -0.4 is 4.74 Å². The van der Waals surface area contributed by atoms with Crippen LogP contribution in [0.15, 0.2) is 36.4 Å². The van der Waals surface area contributed by atoms with E-state index in [2.05, 4.69) is 15.9 Å². The van der Waals surface area contributed by atoms with Crippen LogP contribution in [0.5, 0.6) is 11.5 Å². The lowest BCUT2D eigenvalue weighted by Gasteiger charge is -2.08. The Morgan fingerprint density at radius 3 is 2.40 bits per heavy atom. The van der Waals surface area contributed by atoms with Gasteiger partial charge in [0.15, 0.2) is 0 Å². The molecule has 5 heteroatoms.